The van der Waals surface area contributed by atoms with Crippen LogP contribution in [0.5, 0.6) is 0 Å². The van der Waals surface area contributed by atoms with Gasteiger partial charge in [-0.25, -0.2) is 23.1 Å². The van der Waals surface area contributed by atoms with Crippen molar-refractivity contribution in [3.8, 4) is 0 Å². The van der Waals surface area contributed by atoms with Gasteiger partial charge in [0.05, 0.1) is 18.9 Å². The second kappa shape index (κ2) is 6.07. The van der Waals surface area contributed by atoms with E-state index in [0.29, 0.717) is 0 Å². The molecule has 0 unspecified atom stereocenters. The third-order valence-electron chi connectivity index (χ3n) is 1.78. The second-order valence-corrected chi connectivity index (χ2v) is 5.84. The average Bonchev–Trinajstić information content (AvgIpc) is 2.26. The first-order valence-corrected chi connectivity index (χ1v) is 6.94. The van der Waals surface area contributed by atoms with Crippen molar-refractivity contribution in [3.05, 3.63) is 17.7 Å². The Bertz CT molecular complexity index is 515. The Kier molecular flexibility index (Phi) is 5.00. The quantitative estimate of drug-likeness (QED) is 0.740. The van der Waals surface area contributed by atoms with Crippen LogP contribution in [0.3, 0.4) is 0 Å². The van der Waals surface area contributed by atoms with E-state index in [-0.39, 0.29) is 22.8 Å². The molecule has 1 rings (SSSR count). The van der Waals surface area contributed by atoms with Crippen LogP contribution in [-0.4, -0.2) is 36.9 Å². The van der Waals surface area contributed by atoms with E-state index in [1.54, 1.807) is 13.8 Å². The zero-order valence-electron chi connectivity index (χ0n) is 9.84. The maximum absolute atomic E-state index is 11.7. The van der Waals surface area contributed by atoms with Crippen LogP contribution in [0.4, 0.5) is 0 Å². The largest absolute Gasteiger partial charge is 0.353 e. The lowest BCUT2D eigenvalue weighted by atomic mass is 10.4. The highest BCUT2D eigenvalue weighted by Gasteiger charge is 2.16. The number of halogens is 1. The Labute approximate surface area is 110 Å². The van der Waals surface area contributed by atoms with Gasteiger partial charge in [0.1, 0.15) is 4.90 Å². The molecule has 0 aromatic carbocycles. The molecule has 9 heteroatoms. The fourth-order valence-electron chi connectivity index (χ4n) is 1.06. The van der Waals surface area contributed by atoms with Gasteiger partial charge in [0.25, 0.3) is 0 Å². The third kappa shape index (κ3) is 4.55. The molecule has 0 saturated carbocycles. The van der Waals surface area contributed by atoms with E-state index in [4.69, 9.17) is 11.6 Å². The number of hydrogen-bond donors (Lipinski definition) is 2. The zero-order chi connectivity index (χ0) is 13.8. The third-order valence-corrected chi connectivity index (χ3v) is 3.33. The summed E-state index contributed by atoms with van der Waals surface area (Å²) in [4.78, 5) is 18.3. The molecule has 18 heavy (non-hydrogen) atoms. The van der Waals surface area contributed by atoms with E-state index in [2.05, 4.69) is 20.0 Å². The van der Waals surface area contributed by atoms with Crippen molar-refractivity contribution in [2.45, 2.75) is 24.8 Å². The lowest BCUT2D eigenvalue weighted by molar-refractivity contribution is -0.120. The molecule has 7 nitrogen and oxygen atoms in total. The summed E-state index contributed by atoms with van der Waals surface area (Å²) < 4.78 is 25.6. The normalized spacial score (nSPS) is 11.6. The monoisotopic (exact) mass is 292 g/mol. The van der Waals surface area contributed by atoms with Gasteiger partial charge in [-0.1, -0.05) is 0 Å². The smallest absolute Gasteiger partial charge is 0.244 e. The number of rotatable bonds is 5. The van der Waals surface area contributed by atoms with Crippen LogP contribution in [0, 0.1) is 0 Å². The molecule has 0 aliphatic heterocycles. The van der Waals surface area contributed by atoms with Gasteiger partial charge in [-0.05, 0) is 25.4 Å². The van der Waals surface area contributed by atoms with E-state index < -0.39 is 15.9 Å². The summed E-state index contributed by atoms with van der Waals surface area (Å²) in [5.74, 6) is -0.413. The average molecular weight is 293 g/mol. The van der Waals surface area contributed by atoms with E-state index in [1.165, 1.54) is 0 Å². The molecule has 1 heterocycles. The van der Waals surface area contributed by atoms with Gasteiger partial charge in [-0.3, -0.25) is 4.79 Å². The molecule has 0 aliphatic rings. The minimum atomic E-state index is -3.80. The molecule has 2 N–H and O–H groups in total. The number of nitrogens with zero attached hydrogens (tertiary/aromatic N) is 2. The number of sulfonamides is 1. The summed E-state index contributed by atoms with van der Waals surface area (Å²) in [6.45, 7) is 3.21. The first kappa shape index (κ1) is 14.8. The van der Waals surface area contributed by atoms with Crippen molar-refractivity contribution < 1.29 is 13.2 Å². The predicted molar refractivity (Wildman–Crippen MR) is 65.5 cm³/mol. The minimum absolute atomic E-state index is 0.0495. The maximum Gasteiger partial charge on any atom is 0.244 e. The molecule has 0 bridgehead atoms. The van der Waals surface area contributed by atoms with Crippen LogP contribution in [0.25, 0.3) is 0 Å². The van der Waals surface area contributed by atoms with Crippen molar-refractivity contribution >= 4 is 27.5 Å². The van der Waals surface area contributed by atoms with Gasteiger partial charge in [-0.15, -0.1) is 0 Å². The van der Waals surface area contributed by atoms with Gasteiger partial charge in [0.15, 0.2) is 0 Å². The minimum Gasteiger partial charge on any atom is -0.353 e. The highest BCUT2D eigenvalue weighted by Crippen LogP contribution is 2.06. The van der Waals surface area contributed by atoms with Gasteiger partial charge in [0.2, 0.25) is 21.2 Å². The van der Waals surface area contributed by atoms with E-state index in [1.807, 2.05) is 0 Å². The predicted octanol–water partition coefficient (Wildman–Crippen LogP) is -0.0671. The molecule has 0 spiro atoms. The van der Waals surface area contributed by atoms with Gasteiger partial charge in [-0.2, -0.15) is 0 Å². The summed E-state index contributed by atoms with van der Waals surface area (Å²) in [7, 11) is -3.80. The zero-order valence-corrected chi connectivity index (χ0v) is 11.4. The Morgan fingerprint density at radius 1 is 1.39 bits per heavy atom. The number of nitrogens with one attached hydrogen (secondary N) is 2. The van der Waals surface area contributed by atoms with Crippen molar-refractivity contribution in [3.63, 3.8) is 0 Å². The number of amides is 1. The SMILES string of the molecule is CC(C)NC(=O)CNS(=O)(=O)c1cnc(Cl)nc1. The van der Waals surface area contributed by atoms with E-state index >= 15 is 0 Å². The molecular formula is C9H13ClN4O3S. The van der Waals surface area contributed by atoms with E-state index in [0.717, 1.165) is 12.4 Å². The van der Waals surface area contributed by atoms with Crippen molar-refractivity contribution in [1.82, 2.24) is 20.0 Å². The van der Waals surface area contributed by atoms with Gasteiger partial charge >= 0.3 is 0 Å². The van der Waals surface area contributed by atoms with Crippen LogP contribution in [0.1, 0.15) is 13.8 Å². The van der Waals surface area contributed by atoms with E-state index in [9.17, 15) is 13.2 Å². The number of carbonyl (C=O) groups is 1. The van der Waals surface area contributed by atoms with Crippen molar-refractivity contribution in [1.29, 1.82) is 0 Å². The fraction of sp³-hybridized carbons (Fsp3) is 0.444. The number of hydrogen-bond acceptors (Lipinski definition) is 5. The standard InChI is InChI=1S/C9H13ClN4O3S/c1-6(2)14-8(15)5-13-18(16,17)7-3-11-9(10)12-4-7/h3-4,6,13H,5H2,1-2H3,(H,14,15). The fourth-order valence-corrected chi connectivity index (χ4v) is 2.02. The molecule has 1 aromatic rings. The van der Waals surface area contributed by atoms with Crippen molar-refractivity contribution in [2.75, 3.05) is 6.54 Å². The molecule has 0 saturated heterocycles. The Hall–Kier alpha value is -1.25. The van der Waals surface area contributed by atoms with Crippen LogP contribution in [-0.2, 0) is 14.8 Å². The topological polar surface area (TPSA) is 101 Å². The summed E-state index contributed by atoms with van der Waals surface area (Å²) in [6.07, 6.45) is 2.13. The summed E-state index contributed by atoms with van der Waals surface area (Å²) >= 11 is 5.44. The Morgan fingerprint density at radius 3 is 2.44 bits per heavy atom. The molecule has 1 aromatic heterocycles. The van der Waals surface area contributed by atoms with Crippen LogP contribution in [0.15, 0.2) is 17.3 Å². The van der Waals surface area contributed by atoms with Crippen LogP contribution >= 0.6 is 11.6 Å². The van der Waals surface area contributed by atoms with Gasteiger partial charge < -0.3 is 5.32 Å². The molecule has 0 radical (unpaired) electrons. The second-order valence-electron chi connectivity index (χ2n) is 3.73. The molecule has 0 fully saturated rings. The number of carbonyl (C=O) groups excluding carboxylic acids is 1. The van der Waals surface area contributed by atoms with Crippen molar-refractivity contribution in [2.24, 2.45) is 0 Å². The summed E-state index contributed by atoms with van der Waals surface area (Å²) in [5.41, 5.74) is 0. The Morgan fingerprint density at radius 2 is 1.94 bits per heavy atom. The molecule has 0 aliphatic carbocycles. The summed E-state index contributed by atoms with van der Waals surface area (Å²) in [6, 6.07) is -0.0548. The van der Waals surface area contributed by atoms with Crippen LogP contribution in [0.2, 0.25) is 5.28 Å². The lowest BCUT2D eigenvalue weighted by Crippen LogP contribution is -2.39. The molecule has 0 atom stereocenters. The molecule has 1 amide bonds. The molecular weight excluding hydrogens is 280 g/mol. The maximum atomic E-state index is 11.7. The van der Waals surface area contributed by atoms with Crippen LogP contribution < -0.4 is 10.0 Å². The van der Waals surface area contributed by atoms with Gasteiger partial charge in [0, 0.05) is 6.04 Å². The number of aromatic nitrogens is 2. The first-order valence-electron chi connectivity index (χ1n) is 5.08. The summed E-state index contributed by atoms with van der Waals surface area (Å²) in [5, 5.41) is 2.51. The molecule has 100 valence electrons. The Balaban J connectivity index is 2.66. The first-order chi connectivity index (χ1) is 8.31. The highest BCUT2D eigenvalue weighted by molar-refractivity contribution is 7.89. The highest BCUT2D eigenvalue weighted by atomic mass is 35.5. The lowest BCUT2D eigenvalue weighted by Gasteiger charge is -2.09.